The maximum Gasteiger partial charge on any atom is 0.0160 e. The van der Waals surface area contributed by atoms with Crippen LogP contribution in [-0.4, -0.2) is 18.6 Å². The largest absolute Gasteiger partial charge is 0.330 e. The highest BCUT2D eigenvalue weighted by molar-refractivity contribution is 8.76. The zero-order valence-corrected chi connectivity index (χ0v) is 6.67. The zero-order chi connectivity index (χ0) is 4.83. The molecule has 7 heavy (non-hydrogen) atoms. The first-order valence-corrected chi connectivity index (χ1v) is 4.50. The minimum absolute atomic E-state index is 0. The summed E-state index contributed by atoms with van der Waals surface area (Å²) in [6.07, 6.45) is 2.06. The molecule has 0 aromatic rings. The van der Waals surface area contributed by atoms with Crippen molar-refractivity contribution in [3.05, 3.63) is 0 Å². The van der Waals surface area contributed by atoms with Crippen molar-refractivity contribution in [2.75, 3.05) is 18.6 Å². The van der Waals surface area contributed by atoms with Crippen LogP contribution in [0.3, 0.4) is 0 Å². The molecule has 0 spiro atoms. The Morgan fingerprint density at radius 3 is 2.29 bits per heavy atom. The summed E-state index contributed by atoms with van der Waals surface area (Å²) in [4.78, 5) is 0. The molecule has 0 aromatic heterocycles. The Balaban J connectivity index is 0. The predicted octanol–water partition coefficient (Wildman–Crippen LogP) is 1.38. The van der Waals surface area contributed by atoms with Gasteiger partial charge in [-0.05, 0) is 6.26 Å². The van der Waals surface area contributed by atoms with Gasteiger partial charge in [-0.15, -0.1) is 12.4 Å². The molecule has 0 aliphatic carbocycles. The summed E-state index contributed by atoms with van der Waals surface area (Å²) in [6, 6.07) is 0. The predicted molar refractivity (Wildman–Crippen MR) is 42.3 cm³/mol. The molecule has 0 saturated heterocycles. The van der Waals surface area contributed by atoms with E-state index in [9.17, 15) is 0 Å². The molecular weight excluding hydrogens is 150 g/mol. The normalized spacial score (nSPS) is 7.71. The van der Waals surface area contributed by atoms with Crippen molar-refractivity contribution >= 4 is 34.0 Å². The van der Waals surface area contributed by atoms with E-state index in [0.29, 0.717) is 0 Å². The molecule has 0 atom stereocenters. The molecule has 0 bridgehead atoms. The third kappa shape index (κ3) is 10.9. The van der Waals surface area contributed by atoms with Crippen LogP contribution < -0.4 is 5.73 Å². The molecule has 0 aromatic carbocycles. The maximum atomic E-state index is 5.18. The van der Waals surface area contributed by atoms with Gasteiger partial charge in [-0.25, -0.2) is 0 Å². The van der Waals surface area contributed by atoms with Crippen LogP contribution in [0.25, 0.3) is 0 Å². The lowest BCUT2D eigenvalue weighted by Crippen LogP contribution is -1.99. The van der Waals surface area contributed by atoms with Gasteiger partial charge in [-0.2, -0.15) is 0 Å². The summed E-state index contributed by atoms with van der Waals surface area (Å²) in [5, 5.41) is 0. The average Bonchev–Trinajstić information content (AvgIpc) is 1.61. The smallest absolute Gasteiger partial charge is 0.0160 e. The van der Waals surface area contributed by atoms with Gasteiger partial charge in [-0.1, -0.05) is 21.6 Å². The highest BCUT2D eigenvalue weighted by atomic mass is 35.5. The first-order valence-electron chi connectivity index (χ1n) is 1.77. The molecule has 2 N–H and O–H groups in total. The van der Waals surface area contributed by atoms with E-state index < -0.39 is 0 Å². The number of rotatable bonds is 3. The van der Waals surface area contributed by atoms with E-state index in [1.165, 1.54) is 0 Å². The average molecular weight is 160 g/mol. The lowest BCUT2D eigenvalue weighted by Gasteiger charge is -1.86. The second-order valence-corrected chi connectivity index (χ2v) is 3.46. The topological polar surface area (TPSA) is 26.0 Å². The number of halogens is 1. The van der Waals surface area contributed by atoms with Gasteiger partial charge in [0.15, 0.2) is 0 Å². The SMILES string of the molecule is CSSCCN.Cl. The van der Waals surface area contributed by atoms with Crippen molar-refractivity contribution < 1.29 is 0 Å². The lowest BCUT2D eigenvalue weighted by molar-refractivity contribution is 1.16. The minimum atomic E-state index is 0. The van der Waals surface area contributed by atoms with Gasteiger partial charge in [0.05, 0.1) is 0 Å². The summed E-state index contributed by atoms with van der Waals surface area (Å²) in [7, 11) is 3.56. The Kier molecular flexibility index (Phi) is 15.6. The van der Waals surface area contributed by atoms with Crippen molar-refractivity contribution in [3.63, 3.8) is 0 Å². The van der Waals surface area contributed by atoms with Crippen LogP contribution in [0.2, 0.25) is 0 Å². The van der Waals surface area contributed by atoms with E-state index >= 15 is 0 Å². The number of hydrogen-bond donors (Lipinski definition) is 1. The number of hydrogen-bond acceptors (Lipinski definition) is 3. The van der Waals surface area contributed by atoms with Crippen LogP contribution in [0.5, 0.6) is 0 Å². The molecule has 1 nitrogen and oxygen atoms in total. The summed E-state index contributed by atoms with van der Waals surface area (Å²) in [5.74, 6) is 1.07. The van der Waals surface area contributed by atoms with Crippen molar-refractivity contribution in [2.24, 2.45) is 5.73 Å². The molecule has 0 saturated carbocycles. The van der Waals surface area contributed by atoms with Crippen molar-refractivity contribution in [3.8, 4) is 0 Å². The standard InChI is InChI=1S/C3H9NS2.ClH/c1-5-6-3-2-4;/h2-4H2,1H3;1H. The van der Waals surface area contributed by atoms with Gasteiger partial charge in [-0.3, -0.25) is 0 Å². The molecular formula is C3H10ClNS2. The van der Waals surface area contributed by atoms with E-state index in [1.54, 1.807) is 21.6 Å². The van der Waals surface area contributed by atoms with E-state index in [4.69, 9.17) is 5.73 Å². The third-order valence-corrected chi connectivity index (χ3v) is 2.16. The lowest BCUT2D eigenvalue weighted by atomic mass is 10.8. The fourth-order valence-corrected chi connectivity index (χ4v) is 1.18. The summed E-state index contributed by atoms with van der Waals surface area (Å²) in [5.41, 5.74) is 5.18. The monoisotopic (exact) mass is 159 g/mol. The van der Waals surface area contributed by atoms with E-state index in [2.05, 4.69) is 6.26 Å². The quantitative estimate of drug-likeness (QED) is 0.498. The second-order valence-electron chi connectivity index (χ2n) is 0.777. The van der Waals surface area contributed by atoms with E-state index in [1.807, 2.05) is 0 Å². The first kappa shape index (κ1) is 10.8. The summed E-state index contributed by atoms with van der Waals surface area (Å²) in [6.45, 7) is 0.797. The molecule has 0 rings (SSSR count). The van der Waals surface area contributed by atoms with Gasteiger partial charge in [0, 0.05) is 12.3 Å². The van der Waals surface area contributed by atoms with Gasteiger partial charge in [0.1, 0.15) is 0 Å². The highest BCUT2D eigenvalue weighted by Crippen LogP contribution is 2.14. The summed E-state index contributed by atoms with van der Waals surface area (Å²) < 4.78 is 0. The molecule has 0 aliphatic rings. The summed E-state index contributed by atoms with van der Waals surface area (Å²) >= 11 is 0. The van der Waals surface area contributed by atoms with Gasteiger partial charge < -0.3 is 5.73 Å². The molecule has 0 fully saturated rings. The Bertz CT molecular complexity index is 24.9. The van der Waals surface area contributed by atoms with Crippen molar-refractivity contribution in [1.29, 1.82) is 0 Å². The molecule has 0 unspecified atom stereocenters. The third-order valence-electron chi connectivity index (χ3n) is 0.319. The highest BCUT2D eigenvalue weighted by Gasteiger charge is 1.75. The van der Waals surface area contributed by atoms with Gasteiger partial charge in [0.2, 0.25) is 0 Å². The van der Waals surface area contributed by atoms with Crippen LogP contribution in [0, 0.1) is 0 Å². The van der Waals surface area contributed by atoms with Crippen LogP contribution in [0.15, 0.2) is 0 Å². The number of nitrogens with two attached hydrogens (primary N) is 1. The molecule has 46 valence electrons. The maximum absolute atomic E-state index is 5.18. The van der Waals surface area contributed by atoms with Crippen molar-refractivity contribution in [1.82, 2.24) is 0 Å². The zero-order valence-electron chi connectivity index (χ0n) is 4.22. The van der Waals surface area contributed by atoms with Crippen LogP contribution in [-0.2, 0) is 0 Å². The molecule has 0 radical (unpaired) electrons. The van der Waals surface area contributed by atoms with Gasteiger partial charge >= 0.3 is 0 Å². The van der Waals surface area contributed by atoms with E-state index in [-0.39, 0.29) is 12.4 Å². The first-order chi connectivity index (χ1) is 2.91. The molecule has 0 heterocycles. The Hall–Kier alpha value is 0.950. The molecule has 0 amide bonds. The fraction of sp³-hybridized carbons (Fsp3) is 1.00. The Morgan fingerprint density at radius 1 is 1.57 bits per heavy atom. The van der Waals surface area contributed by atoms with E-state index in [0.717, 1.165) is 12.3 Å². The fourth-order valence-electron chi connectivity index (χ4n) is 0.131. The molecule has 4 heteroatoms. The second kappa shape index (κ2) is 10.0. The minimum Gasteiger partial charge on any atom is -0.330 e. The Morgan fingerprint density at radius 2 is 2.14 bits per heavy atom. The van der Waals surface area contributed by atoms with Gasteiger partial charge in [0.25, 0.3) is 0 Å². The van der Waals surface area contributed by atoms with Crippen LogP contribution >= 0.6 is 34.0 Å². The van der Waals surface area contributed by atoms with Crippen molar-refractivity contribution in [2.45, 2.75) is 0 Å². The van der Waals surface area contributed by atoms with Crippen LogP contribution in [0.4, 0.5) is 0 Å². The van der Waals surface area contributed by atoms with Crippen LogP contribution in [0.1, 0.15) is 0 Å². The Labute approximate surface area is 58.6 Å². The molecule has 0 aliphatic heterocycles.